The summed E-state index contributed by atoms with van der Waals surface area (Å²) in [5.74, 6) is 0. The first-order valence-corrected chi connectivity index (χ1v) is 3.55. The van der Waals surface area contributed by atoms with E-state index in [1.165, 1.54) is 15.2 Å². The highest BCUT2D eigenvalue weighted by atomic mass is 32.1. The zero-order chi connectivity index (χ0) is 6.15. The van der Waals surface area contributed by atoms with Gasteiger partial charge >= 0.3 is 0 Å². The van der Waals surface area contributed by atoms with Gasteiger partial charge in [0.05, 0.1) is 0 Å². The molecular weight excluding hydrogens is 115 g/mol. The van der Waals surface area contributed by atoms with E-state index in [2.05, 4.69) is 27.8 Å². The first-order chi connectivity index (χ1) is 3.70. The van der Waals surface area contributed by atoms with E-state index in [4.69, 9.17) is 0 Å². The fourth-order valence-corrected chi connectivity index (χ4v) is 1.70. The minimum absolute atomic E-state index is 1.42. The van der Waals surface area contributed by atoms with E-state index < -0.39 is 0 Å². The van der Waals surface area contributed by atoms with Crippen LogP contribution in [0.25, 0.3) is 0 Å². The second-order valence-corrected chi connectivity index (χ2v) is 3.56. The predicted octanol–water partition coefficient (Wildman–Crippen LogP) is 0.623. The van der Waals surface area contributed by atoms with Gasteiger partial charge in [-0.05, 0) is 24.2 Å². The highest BCUT2D eigenvalue weighted by Gasteiger charge is 1.93. The van der Waals surface area contributed by atoms with Gasteiger partial charge in [0.25, 0.3) is 0 Å². The topological polar surface area (TPSA) is 0 Å². The Morgan fingerprint density at radius 3 is 2.25 bits per heavy atom. The van der Waals surface area contributed by atoms with Crippen molar-refractivity contribution in [3.63, 3.8) is 0 Å². The smallest absolute Gasteiger partial charge is 0.152 e. The number of hydrogen-bond acceptors (Lipinski definition) is 1. The second kappa shape index (κ2) is 1.94. The minimum Gasteiger partial charge on any atom is -0.156 e. The Morgan fingerprint density at radius 2 is 2.12 bits per heavy atom. The van der Waals surface area contributed by atoms with E-state index >= 15 is 0 Å². The lowest BCUT2D eigenvalue weighted by molar-refractivity contribution is 1.45. The molecule has 2 heteroatoms. The largest absolute Gasteiger partial charge is 0.156 e. The van der Waals surface area contributed by atoms with Gasteiger partial charge in [-0.2, -0.15) is 11.3 Å². The average Bonchev–Trinajstić information content (AvgIpc) is 1.85. The molecule has 0 radical (unpaired) electrons. The van der Waals surface area contributed by atoms with Crippen molar-refractivity contribution in [1.29, 1.82) is 0 Å². The van der Waals surface area contributed by atoms with Gasteiger partial charge in [-0.3, -0.25) is 0 Å². The van der Waals surface area contributed by atoms with Gasteiger partial charge in [0.2, 0.25) is 0 Å². The first-order valence-electron chi connectivity index (χ1n) is 2.74. The summed E-state index contributed by atoms with van der Waals surface area (Å²) in [6.07, 6.45) is 0. The highest BCUT2D eigenvalue weighted by molar-refractivity contribution is 7.20. The average molecular weight is 124 g/mol. The maximum atomic E-state index is 2.22. The molecule has 0 N–H and O–H groups in total. The van der Waals surface area contributed by atoms with Crippen LogP contribution < -0.4 is 4.78 Å². The van der Waals surface area contributed by atoms with Crippen molar-refractivity contribution in [2.24, 2.45) is 0 Å². The summed E-state index contributed by atoms with van der Waals surface area (Å²) < 4.78 is 1.42. The summed E-state index contributed by atoms with van der Waals surface area (Å²) in [6.45, 7) is 4.31. The molecule has 0 aliphatic carbocycles. The molecule has 1 aromatic rings. The molecule has 0 saturated heterocycles. The molecule has 42 valence electrons. The van der Waals surface area contributed by atoms with E-state index in [9.17, 15) is 0 Å². The van der Waals surface area contributed by atoms with Crippen LogP contribution in [0.2, 0.25) is 0 Å². The van der Waals surface area contributed by atoms with Crippen LogP contribution in [0.1, 0.15) is 10.4 Å². The molecule has 0 amide bonds. The molecule has 0 bridgehead atoms. The summed E-state index contributed by atoms with van der Waals surface area (Å²) in [6, 6.07) is 2.22. The molecular formula is C6H9BS. The summed E-state index contributed by atoms with van der Waals surface area (Å²) in [5.41, 5.74) is 1.42. The van der Waals surface area contributed by atoms with Crippen molar-refractivity contribution < 1.29 is 0 Å². The van der Waals surface area contributed by atoms with Crippen LogP contribution in [-0.2, 0) is 0 Å². The van der Waals surface area contributed by atoms with Crippen molar-refractivity contribution in [3.8, 4) is 0 Å². The molecule has 1 aromatic heterocycles. The van der Waals surface area contributed by atoms with E-state index in [1.807, 2.05) is 11.3 Å². The van der Waals surface area contributed by atoms with Crippen LogP contribution in [0.3, 0.4) is 0 Å². The summed E-state index contributed by atoms with van der Waals surface area (Å²) in [5, 5.41) is 0. The zero-order valence-electron chi connectivity index (χ0n) is 5.49. The molecule has 0 aliphatic rings. The molecule has 0 fully saturated rings. The molecule has 1 rings (SSSR count). The predicted molar refractivity (Wildman–Crippen MR) is 42.0 cm³/mol. The molecule has 8 heavy (non-hydrogen) atoms. The number of hydrogen-bond donors (Lipinski definition) is 0. The third-order valence-electron chi connectivity index (χ3n) is 1.29. The maximum absolute atomic E-state index is 2.22. The van der Waals surface area contributed by atoms with Crippen molar-refractivity contribution in [2.75, 3.05) is 0 Å². The van der Waals surface area contributed by atoms with Crippen molar-refractivity contribution >= 4 is 24.0 Å². The normalized spacial score (nSPS) is 9.75. The molecule has 0 unspecified atom stereocenters. The lowest BCUT2D eigenvalue weighted by Gasteiger charge is -1.80. The molecule has 0 aromatic carbocycles. The molecule has 0 nitrogen and oxygen atoms in total. The Labute approximate surface area is 55.0 Å². The van der Waals surface area contributed by atoms with Gasteiger partial charge in [0, 0.05) is 4.88 Å². The van der Waals surface area contributed by atoms with Crippen molar-refractivity contribution in [3.05, 3.63) is 16.5 Å². The van der Waals surface area contributed by atoms with E-state index in [1.54, 1.807) is 0 Å². The van der Waals surface area contributed by atoms with Crippen LogP contribution in [0.5, 0.6) is 0 Å². The van der Waals surface area contributed by atoms with E-state index in [-0.39, 0.29) is 0 Å². The third kappa shape index (κ3) is 0.946. The standard InChI is InChI=1S/C6H9BS/c1-4-3-6(7)8-5(4)2/h3H,7H2,1-2H3. The Hall–Kier alpha value is -0.235. The zero-order valence-corrected chi connectivity index (χ0v) is 6.30. The fourth-order valence-electron chi connectivity index (χ4n) is 0.758. The summed E-state index contributed by atoms with van der Waals surface area (Å²) in [7, 11) is 2.14. The monoisotopic (exact) mass is 124 g/mol. The summed E-state index contributed by atoms with van der Waals surface area (Å²) >= 11 is 1.87. The Balaban J connectivity index is 3.14. The SMILES string of the molecule is Bc1cc(C)c(C)s1. The molecule has 0 aliphatic heterocycles. The second-order valence-electron chi connectivity index (χ2n) is 2.10. The summed E-state index contributed by atoms with van der Waals surface area (Å²) in [4.78, 5) is 1.45. The van der Waals surface area contributed by atoms with Gasteiger partial charge in [0.15, 0.2) is 7.85 Å². The molecule has 0 saturated carbocycles. The fraction of sp³-hybridized carbons (Fsp3) is 0.333. The highest BCUT2D eigenvalue weighted by Crippen LogP contribution is 2.09. The lowest BCUT2D eigenvalue weighted by atomic mass is 10.1. The number of aryl methyl sites for hydroxylation is 2. The van der Waals surface area contributed by atoms with Crippen LogP contribution in [0.4, 0.5) is 0 Å². The first kappa shape index (κ1) is 5.89. The van der Waals surface area contributed by atoms with Gasteiger partial charge in [-0.15, -0.1) is 0 Å². The Bertz CT molecular complexity index is 171. The van der Waals surface area contributed by atoms with Gasteiger partial charge in [-0.25, -0.2) is 0 Å². The molecule has 0 spiro atoms. The lowest BCUT2D eigenvalue weighted by Crippen LogP contribution is -1.89. The van der Waals surface area contributed by atoms with Gasteiger partial charge in [0.1, 0.15) is 0 Å². The Morgan fingerprint density at radius 1 is 1.50 bits per heavy atom. The van der Waals surface area contributed by atoms with Crippen LogP contribution in [0, 0.1) is 13.8 Å². The van der Waals surface area contributed by atoms with Crippen LogP contribution in [0.15, 0.2) is 6.07 Å². The number of rotatable bonds is 0. The number of thiophene rings is 1. The third-order valence-corrected chi connectivity index (χ3v) is 2.36. The maximum Gasteiger partial charge on any atom is 0.152 e. The molecule has 0 atom stereocenters. The van der Waals surface area contributed by atoms with E-state index in [0.717, 1.165) is 0 Å². The Kier molecular flexibility index (Phi) is 1.43. The van der Waals surface area contributed by atoms with E-state index in [0.29, 0.717) is 0 Å². The van der Waals surface area contributed by atoms with Gasteiger partial charge in [-0.1, -0.05) is 6.07 Å². The quantitative estimate of drug-likeness (QED) is 0.445. The molecule has 1 heterocycles. The van der Waals surface area contributed by atoms with Crippen LogP contribution in [-0.4, -0.2) is 7.85 Å². The van der Waals surface area contributed by atoms with Crippen molar-refractivity contribution in [2.45, 2.75) is 13.8 Å². The minimum atomic E-state index is 1.42. The van der Waals surface area contributed by atoms with Crippen molar-refractivity contribution in [1.82, 2.24) is 0 Å². The van der Waals surface area contributed by atoms with Crippen LogP contribution >= 0.6 is 11.3 Å². The van der Waals surface area contributed by atoms with Gasteiger partial charge < -0.3 is 0 Å².